The summed E-state index contributed by atoms with van der Waals surface area (Å²) in [5, 5.41) is 11.8. The first kappa shape index (κ1) is 13.0. The lowest BCUT2D eigenvalue weighted by atomic mass is 10.1. The lowest BCUT2D eigenvalue weighted by Gasteiger charge is -2.08. The van der Waals surface area contributed by atoms with E-state index >= 15 is 0 Å². The second-order valence-electron chi connectivity index (χ2n) is 5.01. The third kappa shape index (κ3) is 2.36. The Morgan fingerprint density at radius 1 is 1.24 bits per heavy atom. The minimum absolute atomic E-state index is 0.00190. The topological polar surface area (TPSA) is 46.5 Å². The van der Waals surface area contributed by atoms with Gasteiger partial charge in [-0.1, -0.05) is 12.1 Å². The van der Waals surface area contributed by atoms with E-state index in [9.17, 15) is 9.90 Å². The molecule has 0 amide bonds. The van der Waals surface area contributed by atoms with Crippen molar-refractivity contribution in [3.8, 4) is 11.5 Å². The molecule has 21 heavy (non-hydrogen) atoms. The third-order valence-corrected chi connectivity index (χ3v) is 5.53. The van der Waals surface area contributed by atoms with Gasteiger partial charge in [-0.3, -0.25) is 4.79 Å². The highest BCUT2D eigenvalue weighted by Crippen LogP contribution is 2.35. The summed E-state index contributed by atoms with van der Waals surface area (Å²) in [7, 11) is 0. The number of fused-ring (bicyclic) bond motifs is 2. The molecule has 1 aliphatic rings. The van der Waals surface area contributed by atoms with Crippen molar-refractivity contribution in [1.29, 1.82) is 0 Å². The molecular formula is C16H12O3S2. The van der Waals surface area contributed by atoms with Crippen molar-refractivity contribution < 1.29 is 9.84 Å². The van der Waals surface area contributed by atoms with E-state index in [0.717, 1.165) is 15.2 Å². The van der Waals surface area contributed by atoms with Gasteiger partial charge >= 0.3 is 0 Å². The highest BCUT2D eigenvalue weighted by molar-refractivity contribution is 8.06. The van der Waals surface area contributed by atoms with Crippen LogP contribution in [-0.4, -0.2) is 22.7 Å². The molecule has 1 aromatic heterocycles. The molecule has 1 aliphatic heterocycles. The number of hydrogen-bond donors (Lipinski definition) is 1. The highest BCUT2D eigenvalue weighted by Gasteiger charge is 2.23. The molecule has 1 atom stereocenters. The van der Waals surface area contributed by atoms with E-state index in [1.165, 1.54) is 17.4 Å². The van der Waals surface area contributed by atoms with Crippen molar-refractivity contribution in [3.63, 3.8) is 0 Å². The Labute approximate surface area is 129 Å². The maximum Gasteiger partial charge on any atom is 0.199 e. The number of benzene rings is 2. The minimum atomic E-state index is -0.124. The molecule has 3 aromatic rings. The number of phenols is 1. The van der Waals surface area contributed by atoms with Gasteiger partial charge in [0.15, 0.2) is 5.43 Å². The Hall–Kier alpha value is -1.72. The monoisotopic (exact) mass is 316 g/mol. The molecule has 0 radical (unpaired) electrons. The van der Waals surface area contributed by atoms with Crippen molar-refractivity contribution in [3.05, 3.63) is 46.6 Å². The normalized spacial score (nSPS) is 17.2. The van der Waals surface area contributed by atoms with Crippen LogP contribution in [0.25, 0.3) is 20.2 Å². The summed E-state index contributed by atoms with van der Waals surface area (Å²) in [6.07, 6.45) is 0. The molecule has 1 fully saturated rings. The summed E-state index contributed by atoms with van der Waals surface area (Å²) in [6, 6.07) is 10.9. The number of phenolic OH excluding ortho intramolecular Hbond substituents is 1. The smallest absolute Gasteiger partial charge is 0.199 e. The van der Waals surface area contributed by atoms with Crippen LogP contribution >= 0.6 is 23.1 Å². The van der Waals surface area contributed by atoms with Crippen molar-refractivity contribution in [2.45, 2.75) is 5.25 Å². The molecule has 0 saturated carbocycles. The summed E-state index contributed by atoms with van der Waals surface area (Å²) in [6.45, 7) is 0.651. The van der Waals surface area contributed by atoms with Crippen LogP contribution in [0.5, 0.6) is 11.5 Å². The predicted molar refractivity (Wildman–Crippen MR) is 89.0 cm³/mol. The Kier molecular flexibility index (Phi) is 3.05. The fourth-order valence-corrected chi connectivity index (χ4v) is 3.84. The number of ether oxygens (including phenoxy) is 1. The van der Waals surface area contributed by atoms with Crippen LogP contribution in [0.4, 0.5) is 0 Å². The second kappa shape index (κ2) is 4.93. The first-order valence-electron chi connectivity index (χ1n) is 6.65. The van der Waals surface area contributed by atoms with Crippen LogP contribution in [-0.2, 0) is 0 Å². The molecule has 1 saturated heterocycles. The first-order valence-corrected chi connectivity index (χ1v) is 8.52. The van der Waals surface area contributed by atoms with E-state index in [0.29, 0.717) is 28.4 Å². The van der Waals surface area contributed by atoms with E-state index in [1.54, 1.807) is 6.07 Å². The maximum atomic E-state index is 12.5. The Bertz CT molecular complexity index is 897. The Morgan fingerprint density at radius 2 is 2.05 bits per heavy atom. The molecule has 2 heterocycles. The summed E-state index contributed by atoms with van der Waals surface area (Å²) >= 11 is 3.36. The molecule has 5 heteroatoms. The number of hydrogen-bond acceptors (Lipinski definition) is 5. The van der Waals surface area contributed by atoms with Crippen LogP contribution in [0.3, 0.4) is 0 Å². The van der Waals surface area contributed by atoms with Crippen molar-refractivity contribution in [2.24, 2.45) is 0 Å². The summed E-state index contributed by atoms with van der Waals surface area (Å²) in [5.41, 5.74) is -0.124. The largest absolute Gasteiger partial charge is 0.507 e. The van der Waals surface area contributed by atoms with Gasteiger partial charge in [0.25, 0.3) is 0 Å². The summed E-state index contributed by atoms with van der Waals surface area (Å²) in [4.78, 5) is 12.5. The van der Waals surface area contributed by atoms with Crippen LogP contribution in [0, 0.1) is 0 Å². The van der Waals surface area contributed by atoms with Crippen molar-refractivity contribution >= 4 is 43.3 Å². The quantitative estimate of drug-likeness (QED) is 0.592. The van der Waals surface area contributed by atoms with Crippen LogP contribution in [0.2, 0.25) is 0 Å². The van der Waals surface area contributed by atoms with Crippen LogP contribution in [0.1, 0.15) is 0 Å². The number of rotatable bonds is 3. The van der Waals surface area contributed by atoms with E-state index < -0.39 is 0 Å². The SMILES string of the molecule is O=c1c2ccccc2sc2cc(OCC3CS3)cc(O)c12. The van der Waals surface area contributed by atoms with Gasteiger partial charge < -0.3 is 9.84 Å². The standard InChI is InChI=1S/C16H12O3S2/c17-12-5-9(19-7-10-8-20-10)6-14-15(12)16(18)11-3-1-2-4-13(11)21-14/h1-6,10,17H,7-8H2. The van der Waals surface area contributed by atoms with Gasteiger partial charge in [-0.2, -0.15) is 11.8 Å². The van der Waals surface area contributed by atoms with Gasteiger partial charge in [0.05, 0.1) is 5.39 Å². The molecule has 1 N–H and O–H groups in total. The molecular weight excluding hydrogens is 304 g/mol. The lowest BCUT2D eigenvalue weighted by Crippen LogP contribution is -2.04. The van der Waals surface area contributed by atoms with E-state index in [-0.39, 0.29) is 11.2 Å². The van der Waals surface area contributed by atoms with Crippen LogP contribution in [0.15, 0.2) is 41.2 Å². The Morgan fingerprint density at radius 3 is 2.86 bits per heavy atom. The molecule has 2 aromatic carbocycles. The molecule has 4 rings (SSSR count). The van der Waals surface area contributed by atoms with Gasteiger partial charge in [-0.15, -0.1) is 11.3 Å². The fourth-order valence-electron chi connectivity index (χ4n) is 2.32. The van der Waals surface area contributed by atoms with E-state index in [1.807, 2.05) is 36.0 Å². The van der Waals surface area contributed by atoms with Gasteiger partial charge in [-0.05, 0) is 18.2 Å². The van der Waals surface area contributed by atoms with E-state index in [4.69, 9.17) is 4.74 Å². The fraction of sp³-hybridized carbons (Fsp3) is 0.188. The zero-order valence-electron chi connectivity index (χ0n) is 11.0. The predicted octanol–water partition coefficient (Wildman–Crippen LogP) is 3.61. The van der Waals surface area contributed by atoms with Crippen molar-refractivity contribution in [2.75, 3.05) is 12.4 Å². The zero-order chi connectivity index (χ0) is 14.4. The van der Waals surface area contributed by atoms with Gasteiger partial charge in [0.2, 0.25) is 0 Å². The number of aromatic hydroxyl groups is 1. The van der Waals surface area contributed by atoms with Gasteiger partial charge in [0, 0.05) is 31.9 Å². The zero-order valence-corrected chi connectivity index (χ0v) is 12.7. The average molecular weight is 316 g/mol. The second-order valence-corrected chi connectivity index (χ2v) is 7.43. The van der Waals surface area contributed by atoms with Crippen LogP contribution < -0.4 is 10.2 Å². The van der Waals surface area contributed by atoms with Gasteiger partial charge in [-0.25, -0.2) is 0 Å². The first-order chi connectivity index (χ1) is 10.2. The average Bonchev–Trinajstić information content (AvgIpc) is 3.29. The third-order valence-electron chi connectivity index (χ3n) is 3.47. The molecule has 0 bridgehead atoms. The molecule has 3 nitrogen and oxygen atoms in total. The lowest BCUT2D eigenvalue weighted by molar-refractivity contribution is 0.328. The molecule has 0 spiro atoms. The molecule has 0 aliphatic carbocycles. The highest BCUT2D eigenvalue weighted by atomic mass is 32.2. The molecule has 106 valence electrons. The van der Waals surface area contributed by atoms with Gasteiger partial charge in [0.1, 0.15) is 18.1 Å². The minimum Gasteiger partial charge on any atom is -0.507 e. The number of thioether (sulfide) groups is 1. The van der Waals surface area contributed by atoms with Crippen molar-refractivity contribution in [1.82, 2.24) is 0 Å². The van der Waals surface area contributed by atoms with E-state index in [2.05, 4.69) is 0 Å². The molecule has 1 unspecified atom stereocenters. The summed E-state index contributed by atoms with van der Waals surface area (Å²) in [5.74, 6) is 1.76. The maximum absolute atomic E-state index is 12.5. The summed E-state index contributed by atoms with van der Waals surface area (Å²) < 4.78 is 7.38. The Balaban J connectivity index is 1.90.